The Morgan fingerprint density at radius 2 is 1.11 bits per heavy atom. The Balaban J connectivity index is 0.960. The van der Waals surface area contributed by atoms with Crippen molar-refractivity contribution in [1.29, 1.82) is 0 Å². The molecule has 4 heteroatoms. The fraction of sp³-hybridized carbons (Fsp3) is 0.0408. The molecule has 0 N–H and O–H groups in total. The molecule has 11 rings (SSSR count). The number of benzene rings is 6. The highest BCUT2D eigenvalue weighted by Crippen LogP contribution is 2.45. The Morgan fingerprint density at radius 3 is 1.91 bits per heavy atom. The van der Waals surface area contributed by atoms with Crippen LogP contribution in [0.1, 0.15) is 22.6 Å². The lowest BCUT2D eigenvalue weighted by molar-refractivity contribution is 0.708. The van der Waals surface area contributed by atoms with Gasteiger partial charge in [-0.1, -0.05) is 152 Å². The van der Waals surface area contributed by atoms with Crippen LogP contribution in [0.2, 0.25) is 0 Å². The van der Waals surface area contributed by atoms with Gasteiger partial charge in [0.2, 0.25) is 0 Å². The van der Waals surface area contributed by atoms with Gasteiger partial charge in [-0.3, -0.25) is 4.99 Å². The molecule has 0 fully saturated rings. The number of nitrogens with zero attached hydrogens (tertiary/aromatic N) is 3. The zero-order chi connectivity index (χ0) is 34.9. The number of aromatic nitrogens is 2. The van der Waals surface area contributed by atoms with E-state index in [2.05, 4.69) is 158 Å². The van der Waals surface area contributed by atoms with Gasteiger partial charge in [0, 0.05) is 59.1 Å². The summed E-state index contributed by atoms with van der Waals surface area (Å²) in [5.74, 6) is 0.231. The van der Waals surface area contributed by atoms with Crippen LogP contribution in [-0.4, -0.2) is 21.7 Å². The summed E-state index contributed by atoms with van der Waals surface area (Å²) in [6, 6.07) is 54.2. The van der Waals surface area contributed by atoms with Gasteiger partial charge in [-0.05, 0) is 41.0 Å². The normalized spacial score (nSPS) is 16.3. The number of pyridine rings is 2. The second kappa shape index (κ2) is 12.0. The molecule has 0 amide bonds. The Labute approximate surface area is 311 Å². The highest BCUT2D eigenvalue weighted by Gasteiger charge is 2.32. The van der Waals surface area contributed by atoms with Crippen LogP contribution in [0.4, 0.5) is 0 Å². The molecule has 1 aliphatic carbocycles. The second-order valence-electron chi connectivity index (χ2n) is 13.9. The summed E-state index contributed by atoms with van der Waals surface area (Å²) in [5.41, 5.74) is 13.1. The van der Waals surface area contributed by atoms with Gasteiger partial charge in [0.25, 0.3) is 0 Å². The third kappa shape index (κ3) is 4.98. The first kappa shape index (κ1) is 30.2. The maximum atomic E-state index is 5.40. The molecule has 1 aliphatic heterocycles. The highest BCUT2D eigenvalue weighted by atomic mass is 32.1. The van der Waals surface area contributed by atoms with E-state index in [-0.39, 0.29) is 12.0 Å². The molecule has 2 atom stereocenters. The first-order valence-corrected chi connectivity index (χ1v) is 18.9. The van der Waals surface area contributed by atoms with E-state index in [4.69, 9.17) is 15.0 Å². The second-order valence-corrected chi connectivity index (χ2v) is 14.9. The minimum atomic E-state index is 0.0768. The fourth-order valence-corrected chi connectivity index (χ4v) is 9.46. The Bertz CT molecular complexity index is 3010. The molecule has 0 saturated carbocycles. The van der Waals surface area contributed by atoms with Gasteiger partial charge >= 0.3 is 0 Å². The van der Waals surface area contributed by atoms with Gasteiger partial charge in [-0.15, -0.1) is 11.3 Å². The number of thiophene rings is 1. The minimum absolute atomic E-state index is 0.0768. The number of allylic oxidation sites excluding steroid dienone is 2. The summed E-state index contributed by atoms with van der Waals surface area (Å²) in [6.07, 6.45) is 8.90. The fourth-order valence-electron chi connectivity index (χ4n) is 8.16. The van der Waals surface area contributed by atoms with Crippen LogP contribution in [0.3, 0.4) is 0 Å². The molecule has 53 heavy (non-hydrogen) atoms. The van der Waals surface area contributed by atoms with Crippen LogP contribution in [0.15, 0.2) is 181 Å². The van der Waals surface area contributed by atoms with Crippen molar-refractivity contribution >= 4 is 59.0 Å². The maximum absolute atomic E-state index is 5.40. The van der Waals surface area contributed by atoms with Crippen LogP contribution >= 0.6 is 11.3 Å². The standard InChI is InChI=1S/C49H31N3S/c1-2-9-31(10-3-1)41-27-23-33-21-22-34-24-28-42(51-48(34)47(33)50-41)32-19-17-30(18-20-32)35-11-8-12-36(29-35)46-40-26-25-38-37-13-5-7-16-44(37)53-49(38)45(40)39-14-4-6-15-43(39)52-46/h1-29,39,43H. The molecule has 9 aromatic rings. The summed E-state index contributed by atoms with van der Waals surface area (Å²) in [6.45, 7) is 0. The molecular weight excluding hydrogens is 663 g/mol. The molecule has 0 radical (unpaired) electrons. The van der Waals surface area contributed by atoms with Crippen molar-refractivity contribution in [3.63, 3.8) is 0 Å². The first-order valence-electron chi connectivity index (χ1n) is 18.1. The Hall–Kier alpha value is -6.49. The number of aliphatic imine (C=N–C) groups is 1. The van der Waals surface area contributed by atoms with Crippen molar-refractivity contribution in [2.24, 2.45) is 4.99 Å². The average Bonchev–Trinajstić information content (AvgIpc) is 3.62. The third-order valence-corrected chi connectivity index (χ3v) is 12.0. The molecule has 0 saturated heterocycles. The van der Waals surface area contributed by atoms with Crippen molar-refractivity contribution in [2.45, 2.75) is 12.0 Å². The van der Waals surface area contributed by atoms with E-state index in [1.807, 2.05) is 29.5 Å². The van der Waals surface area contributed by atoms with Crippen LogP contribution < -0.4 is 0 Å². The first-order chi connectivity index (χ1) is 26.2. The van der Waals surface area contributed by atoms with E-state index >= 15 is 0 Å². The van der Waals surface area contributed by atoms with Crippen molar-refractivity contribution in [3.05, 3.63) is 193 Å². The highest BCUT2D eigenvalue weighted by molar-refractivity contribution is 7.26. The van der Waals surface area contributed by atoms with Gasteiger partial charge in [0.05, 0.1) is 34.2 Å². The number of hydrogen-bond acceptors (Lipinski definition) is 4. The molecular formula is C49H31N3S. The van der Waals surface area contributed by atoms with Crippen LogP contribution in [0, 0.1) is 0 Å². The van der Waals surface area contributed by atoms with E-state index in [0.717, 1.165) is 66.7 Å². The van der Waals surface area contributed by atoms with Crippen LogP contribution in [-0.2, 0) is 0 Å². The Morgan fingerprint density at radius 1 is 0.472 bits per heavy atom. The molecule has 2 aliphatic rings. The molecule has 2 unspecified atom stereocenters. The van der Waals surface area contributed by atoms with Gasteiger partial charge in [-0.25, -0.2) is 9.97 Å². The lowest BCUT2D eigenvalue weighted by atomic mass is 9.79. The molecule has 0 spiro atoms. The van der Waals surface area contributed by atoms with Crippen molar-refractivity contribution in [2.75, 3.05) is 0 Å². The third-order valence-electron chi connectivity index (χ3n) is 10.8. The number of rotatable bonds is 4. The van der Waals surface area contributed by atoms with E-state index in [0.29, 0.717) is 0 Å². The van der Waals surface area contributed by atoms with Gasteiger partial charge < -0.3 is 0 Å². The minimum Gasteiger partial charge on any atom is -0.276 e. The summed E-state index contributed by atoms with van der Waals surface area (Å²) in [4.78, 5) is 15.7. The lowest BCUT2D eigenvalue weighted by Gasteiger charge is -2.30. The quantitative estimate of drug-likeness (QED) is 0.172. The van der Waals surface area contributed by atoms with Crippen molar-refractivity contribution in [3.8, 4) is 33.6 Å². The van der Waals surface area contributed by atoms with Gasteiger partial charge in [0.1, 0.15) is 0 Å². The average molecular weight is 694 g/mol. The van der Waals surface area contributed by atoms with Gasteiger partial charge in [0.15, 0.2) is 0 Å². The zero-order valence-corrected chi connectivity index (χ0v) is 29.5. The molecule has 248 valence electrons. The largest absolute Gasteiger partial charge is 0.276 e. The maximum Gasteiger partial charge on any atom is 0.0972 e. The number of hydrogen-bond donors (Lipinski definition) is 0. The van der Waals surface area contributed by atoms with Crippen LogP contribution in [0.5, 0.6) is 0 Å². The predicted molar refractivity (Wildman–Crippen MR) is 223 cm³/mol. The summed E-state index contributed by atoms with van der Waals surface area (Å²) in [7, 11) is 0. The van der Waals surface area contributed by atoms with Crippen molar-refractivity contribution in [1.82, 2.24) is 9.97 Å². The summed E-state index contributed by atoms with van der Waals surface area (Å²) in [5, 5.41) is 4.84. The van der Waals surface area contributed by atoms with E-state index in [1.54, 1.807) is 0 Å². The van der Waals surface area contributed by atoms with E-state index in [9.17, 15) is 0 Å². The Kier molecular flexibility index (Phi) is 6.86. The molecule has 0 bridgehead atoms. The molecule has 6 aromatic carbocycles. The van der Waals surface area contributed by atoms with E-state index < -0.39 is 0 Å². The molecule has 3 aromatic heterocycles. The number of fused-ring (bicyclic) bond motifs is 10. The predicted octanol–water partition coefficient (Wildman–Crippen LogP) is 12.6. The molecule has 3 nitrogen and oxygen atoms in total. The SMILES string of the molecule is C1=CC2N=C(c3cccc(-c4ccc(-c5ccc6ccc7ccc(-c8ccccc8)nc7c6n5)cc4)c3)c3ccc4c(sc5ccccc54)c3C2C=C1. The topological polar surface area (TPSA) is 38.1 Å². The zero-order valence-electron chi connectivity index (χ0n) is 28.6. The monoisotopic (exact) mass is 693 g/mol. The van der Waals surface area contributed by atoms with Gasteiger partial charge in [-0.2, -0.15) is 0 Å². The lowest BCUT2D eigenvalue weighted by Crippen LogP contribution is -2.25. The smallest absolute Gasteiger partial charge is 0.0972 e. The summed E-state index contributed by atoms with van der Waals surface area (Å²) >= 11 is 1.91. The van der Waals surface area contributed by atoms with E-state index in [1.165, 1.54) is 31.3 Å². The summed E-state index contributed by atoms with van der Waals surface area (Å²) < 4.78 is 2.71. The molecule has 4 heterocycles. The van der Waals surface area contributed by atoms with Crippen LogP contribution in [0.25, 0.3) is 75.6 Å². The van der Waals surface area contributed by atoms with Crippen molar-refractivity contribution < 1.29 is 0 Å².